The minimum atomic E-state index is -0.949. The van der Waals surface area contributed by atoms with Crippen LogP contribution in [0.2, 0.25) is 0 Å². The molecule has 0 aliphatic heterocycles. The van der Waals surface area contributed by atoms with Gasteiger partial charge in [-0.15, -0.1) is 0 Å². The van der Waals surface area contributed by atoms with Crippen LogP contribution in [0, 0.1) is 5.92 Å². The molecule has 0 fully saturated rings. The summed E-state index contributed by atoms with van der Waals surface area (Å²) in [6.07, 6.45) is 1.44. The van der Waals surface area contributed by atoms with Gasteiger partial charge in [0.25, 0.3) is 0 Å². The SMILES string of the molecule is CCC(C)[C@H](N)C(=O)NCCc1cccc(C(=O)O)c1. The highest BCUT2D eigenvalue weighted by Crippen LogP contribution is 2.07. The molecule has 1 amide bonds. The molecule has 0 heterocycles. The number of hydrogen-bond donors (Lipinski definition) is 3. The van der Waals surface area contributed by atoms with Crippen LogP contribution in [0.4, 0.5) is 0 Å². The number of carboxylic acids is 1. The maximum atomic E-state index is 11.8. The van der Waals surface area contributed by atoms with Crippen molar-refractivity contribution in [2.45, 2.75) is 32.7 Å². The summed E-state index contributed by atoms with van der Waals surface area (Å²) in [6, 6.07) is 6.20. The van der Waals surface area contributed by atoms with Crippen LogP contribution in [-0.4, -0.2) is 29.6 Å². The lowest BCUT2D eigenvalue weighted by Gasteiger charge is -2.17. The quantitative estimate of drug-likeness (QED) is 0.703. The topological polar surface area (TPSA) is 92.4 Å². The van der Waals surface area contributed by atoms with E-state index in [4.69, 9.17) is 10.8 Å². The summed E-state index contributed by atoms with van der Waals surface area (Å²) in [5.41, 5.74) is 6.96. The van der Waals surface area contributed by atoms with Gasteiger partial charge in [0, 0.05) is 6.54 Å². The highest BCUT2D eigenvalue weighted by molar-refractivity contribution is 5.87. The molecule has 0 spiro atoms. The van der Waals surface area contributed by atoms with Crippen molar-refractivity contribution < 1.29 is 14.7 Å². The molecule has 110 valence electrons. The molecular weight excluding hydrogens is 256 g/mol. The first kappa shape index (κ1) is 16.2. The first-order chi connectivity index (χ1) is 9.45. The first-order valence-electron chi connectivity index (χ1n) is 6.81. The van der Waals surface area contributed by atoms with E-state index in [9.17, 15) is 9.59 Å². The summed E-state index contributed by atoms with van der Waals surface area (Å²) in [5.74, 6) is -0.964. The Bertz CT molecular complexity index is 474. The summed E-state index contributed by atoms with van der Waals surface area (Å²) < 4.78 is 0. The smallest absolute Gasteiger partial charge is 0.335 e. The number of carboxylic acid groups (broad SMARTS) is 1. The Labute approximate surface area is 119 Å². The minimum Gasteiger partial charge on any atom is -0.478 e. The number of carbonyl (C=O) groups excluding carboxylic acids is 1. The van der Waals surface area contributed by atoms with Crippen LogP contribution in [0.3, 0.4) is 0 Å². The number of hydrogen-bond acceptors (Lipinski definition) is 3. The maximum Gasteiger partial charge on any atom is 0.335 e. The highest BCUT2D eigenvalue weighted by atomic mass is 16.4. The van der Waals surface area contributed by atoms with Crippen molar-refractivity contribution >= 4 is 11.9 Å². The van der Waals surface area contributed by atoms with Gasteiger partial charge in [-0.2, -0.15) is 0 Å². The summed E-state index contributed by atoms with van der Waals surface area (Å²) in [7, 11) is 0. The van der Waals surface area contributed by atoms with Crippen LogP contribution in [0.15, 0.2) is 24.3 Å². The van der Waals surface area contributed by atoms with E-state index in [1.165, 1.54) is 0 Å². The Morgan fingerprint density at radius 2 is 2.10 bits per heavy atom. The van der Waals surface area contributed by atoms with Gasteiger partial charge < -0.3 is 16.2 Å². The van der Waals surface area contributed by atoms with Gasteiger partial charge in [0.15, 0.2) is 0 Å². The van der Waals surface area contributed by atoms with E-state index in [1.54, 1.807) is 18.2 Å². The van der Waals surface area contributed by atoms with Crippen LogP contribution in [0.5, 0.6) is 0 Å². The Morgan fingerprint density at radius 1 is 1.40 bits per heavy atom. The highest BCUT2D eigenvalue weighted by Gasteiger charge is 2.18. The lowest BCUT2D eigenvalue weighted by Crippen LogP contribution is -2.45. The van der Waals surface area contributed by atoms with E-state index in [1.807, 2.05) is 19.9 Å². The lowest BCUT2D eigenvalue weighted by atomic mass is 9.99. The van der Waals surface area contributed by atoms with Gasteiger partial charge in [0.1, 0.15) is 0 Å². The second-order valence-corrected chi connectivity index (χ2v) is 4.96. The molecule has 0 aliphatic rings. The summed E-state index contributed by atoms with van der Waals surface area (Å²) in [4.78, 5) is 22.6. The monoisotopic (exact) mass is 278 g/mol. The van der Waals surface area contributed by atoms with Crippen LogP contribution in [0.25, 0.3) is 0 Å². The third-order valence-corrected chi connectivity index (χ3v) is 3.45. The molecular formula is C15H22N2O3. The average Bonchev–Trinajstić information content (AvgIpc) is 2.45. The van der Waals surface area contributed by atoms with E-state index in [0.717, 1.165) is 12.0 Å². The second-order valence-electron chi connectivity index (χ2n) is 4.96. The van der Waals surface area contributed by atoms with E-state index in [-0.39, 0.29) is 17.4 Å². The van der Waals surface area contributed by atoms with Crippen molar-refractivity contribution in [1.82, 2.24) is 5.32 Å². The van der Waals surface area contributed by atoms with Crippen LogP contribution in [-0.2, 0) is 11.2 Å². The normalized spacial score (nSPS) is 13.6. The van der Waals surface area contributed by atoms with Gasteiger partial charge in [-0.3, -0.25) is 4.79 Å². The van der Waals surface area contributed by atoms with Crippen molar-refractivity contribution in [3.05, 3.63) is 35.4 Å². The van der Waals surface area contributed by atoms with Crippen molar-refractivity contribution in [1.29, 1.82) is 0 Å². The number of rotatable bonds is 7. The molecule has 20 heavy (non-hydrogen) atoms. The zero-order valence-corrected chi connectivity index (χ0v) is 11.9. The summed E-state index contributed by atoms with van der Waals surface area (Å²) in [6.45, 7) is 4.39. The number of carbonyl (C=O) groups is 2. The molecule has 0 aromatic heterocycles. The predicted molar refractivity (Wildman–Crippen MR) is 77.5 cm³/mol. The zero-order chi connectivity index (χ0) is 15.1. The Balaban J connectivity index is 2.46. The van der Waals surface area contributed by atoms with Gasteiger partial charge in [-0.25, -0.2) is 4.79 Å². The fourth-order valence-electron chi connectivity index (χ4n) is 1.82. The summed E-state index contributed by atoms with van der Waals surface area (Å²) in [5, 5.41) is 11.7. The lowest BCUT2D eigenvalue weighted by molar-refractivity contribution is -0.123. The Kier molecular flexibility index (Phi) is 6.18. The van der Waals surface area contributed by atoms with Crippen LogP contribution < -0.4 is 11.1 Å². The van der Waals surface area contributed by atoms with E-state index < -0.39 is 12.0 Å². The van der Waals surface area contributed by atoms with Gasteiger partial charge >= 0.3 is 5.97 Å². The fourth-order valence-corrected chi connectivity index (χ4v) is 1.82. The fraction of sp³-hybridized carbons (Fsp3) is 0.467. The largest absolute Gasteiger partial charge is 0.478 e. The third-order valence-electron chi connectivity index (χ3n) is 3.45. The van der Waals surface area contributed by atoms with E-state index in [2.05, 4.69) is 5.32 Å². The second kappa shape index (κ2) is 7.65. The number of nitrogens with two attached hydrogens (primary N) is 1. The number of amides is 1. The molecule has 0 bridgehead atoms. The van der Waals surface area contributed by atoms with Gasteiger partial charge in [-0.1, -0.05) is 32.4 Å². The van der Waals surface area contributed by atoms with E-state index >= 15 is 0 Å². The van der Waals surface area contributed by atoms with Crippen molar-refractivity contribution in [2.75, 3.05) is 6.54 Å². The number of benzene rings is 1. The van der Waals surface area contributed by atoms with Gasteiger partial charge in [0.05, 0.1) is 11.6 Å². The first-order valence-corrected chi connectivity index (χ1v) is 6.81. The van der Waals surface area contributed by atoms with E-state index in [0.29, 0.717) is 13.0 Å². The predicted octanol–water partition coefficient (Wildman–Crippen LogP) is 1.42. The van der Waals surface area contributed by atoms with Crippen LogP contribution in [0.1, 0.15) is 36.2 Å². The molecule has 0 aliphatic carbocycles. The molecule has 1 aromatic carbocycles. The third kappa shape index (κ3) is 4.66. The molecule has 0 saturated carbocycles. The average molecular weight is 278 g/mol. The molecule has 1 aromatic rings. The Hall–Kier alpha value is -1.88. The van der Waals surface area contributed by atoms with Crippen molar-refractivity contribution in [2.24, 2.45) is 11.7 Å². The molecule has 0 saturated heterocycles. The van der Waals surface area contributed by atoms with Gasteiger partial charge in [0.2, 0.25) is 5.91 Å². The molecule has 5 heteroatoms. The van der Waals surface area contributed by atoms with Crippen molar-refractivity contribution in [3.8, 4) is 0 Å². The molecule has 2 atom stereocenters. The molecule has 4 N–H and O–H groups in total. The number of nitrogens with one attached hydrogen (secondary N) is 1. The van der Waals surface area contributed by atoms with Gasteiger partial charge in [-0.05, 0) is 30.0 Å². The Morgan fingerprint density at radius 3 is 2.70 bits per heavy atom. The zero-order valence-electron chi connectivity index (χ0n) is 11.9. The number of aromatic carboxylic acids is 1. The summed E-state index contributed by atoms with van der Waals surface area (Å²) >= 11 is 0. The molecule has 5 nitrogen and oxygen atoms in total. The standard InChI is InChI=1S/C15H22N2O3/c1-3-10(2)13(16)14(18)17-8-7-11-5-4-6-12(9-11)15(19)20/h4-6,9-10,13H,3,7-8,16H2,1-2H3,(H,17,18)(H,19,20)/t10?,13-/m0/s1. The van der Waals surface area contributed by atoms with Crippen molar-refractivity contribution in [3.63, 3.8) is 0 Å². The molecule has 0 radical (unpaired) electrons. The molecule has 1 rings (SSSR count). The van der Waals surface area contributed by atoms with Crippen LogP contribution >= 0.6 is 0 Å². The molecule has 1 unspecified atom stereocenters. The minimum absolute atomic E-state index is 0.144. The maximum absolute atomic E-state index is 11.8.